The molecule has 118 valence electrons. The lowest BCUT2D eigenvalue weighted by Gasteiger charge is -2.40. The van der Waals surface area contributed by atoms with E-state index in [0.29, 0.717) is 22.9 Å². The van der Waals surface area contributed by atoms with E-state index >= 15 is 0 Å². The van der Waals surface area contributed by atoms with Gasteiger partial charge in [0.25, 0.3) is 0 Å². The van der Waals surface area contributed by atoms with Crippen LogP contribution in [0.5, 0.6) is 0 Å². The molecular formula is C16H26N2O2S. The number of nitrogens with zero attached hydrogens (tertiary/aromatic N) is 1. The Hall–Kier alpha value is -0.910. The molecule has 5 heteroatoms. The van der Waals surface area contributed by atoms with Crippen molar-refractivity contribution >= 4 is 9.84 Å². The maximum Gasteiger partial charge on any atom is 0.175 e. The third-order valence-electron chi connectivity index (χ3n) is 4.69. The molecule has 0 aliphatic carbocycles. The van der Waals surface area contributed by atoms with Gasteiger partial charge in [0.05, 0.1) is 4.90 Å². The normalized spacial score (nSPS) is 25.7. The summed E-state index contributed by atoms with van der Waals surface area (Å²) in [6, 6.07) is 7.86. The lowest BCUT2D eigenvalue weighted by atomic mass is 9.89. The van der Waals surface area contributed by atoms with E-state index in [1.54, 1.807) is 12.1 Å². The minimum Gasteiger partial charge on any atom is -0.327 e. The fourth-order valence-corrected chi connectivity index (χ4v) is 3.70. The maximum absolute atomic E-state index is 11.5. The van der Waals surface area contributed by atoms with Crippen LogP contribution >= 0.6 is 0 Å². The molecule has 1 aromatic carbocycles. The molecule has 1 aromatic rings. The molecule has 0 spiro atoms. The van der Waals surface area contributed by atoms with E-state index in [9.17, 15) is 8.42 Å². The Morgan fingerprint density at radius 3 is 2.48 bits per heavy atom. The molecule has 3 unspecified atom stereocenters. The van der Waals surface area contributed by atoms with Crippen LogP contribution in [0.25, 0.3) is 0 Å². The molecule has 1 aliphatic rings. The van der Waals surface area contributed by atoms with E-state index in [0.717, 1.165) is 31.5 Å². The van der Waals surface area contributed by atoms with Gasteiger partial charge in [-0.2, -0.15) is 0 Å². The highest BCUT2D eigenvalue weighted by Gasteiger charge is 2.28. The van der Waals surface area contributed by atoms with Gasteiger partial charge in [0.2, 0.25) is 0 Å². The highest BCUT2D eigenvalue weighted by molar-refractivity contribution is 7.90. The number of hydrogen-bond acceptors (Lipinski definition) is 4. The van der Waals surface area contributed by atoms with E-state index < -0.39 is 9.84 Å². The van der Waals surface area contributed by atoms with Crippen LogP contribution in [-0.2, 0) is 9.84 Å². The van der Waals surface area contributed by atoms with Gasteiger partial charge in [-0.05, 0) is 37.0 Å². The van der Waals surface area contributed by atoms with Crippen LogP contribution in [0.15, 0.2) is 29.2 Å². The number of rotatable bonds is 4. The number of benzene rings is 1. The standard InChI is InChI=1S/C16H26N2O2S/c1-4-13-11-18(10-9-16(13)17)12(2)14-5-7-15(8-6-14)21(3,19)20/h5-8,12-13,16H,4,9-11,17H2,1-3H3. The first-order valence-electron chi connectivity index (χ1n) is 7.62. The lowest BCUT2D eigenvalue weighted by Crippen LogP contribution is -2.47. The Bertz CT molecular complexity index is 568. The third-order valence-corrected chi connectivity index (χ3v) is 5.82. The summed E-state index contributed by atoms with van der Waals surface area (Å²) in [4.78, 5) is 2.83. The van der Waals surface area contributed by atoms with Crippen molar-refractivity contribution in [1.29, 1.82) is 0 Å². The monoisotopic (exact) mass is 310 g/mol. The van der Waals surface area contributed by atoms with Gasteiger partial charge in [0.15, 0.2) is 9.84 Å². The molecule has 0 amide bonds. The van der Waals surface area contributed by atoms with E-state index in [2.05, 4.69) is 18.7 Å². The summed E-state index contributed by atoms with van der Waals surface area (Å²) in [7, 11) is -3.12. The molecule has 0 radical (unpaired) electrons. The summed E-state index contributed by atoms with van der Waals surface area (Å²) in [5, 5.41) is 0. The zero-order valence-corrected chi connectivity index (χ0v) is 13.9. The first kappa shape index (κ1) is 16.5. The first-order chi connectivity index (χ1) is 9.82. The average molecular weight is 310 g/mol. The van der Waals surface area contributed by atoms with Crippen LogP contribution < -0.4 is 5.73 Å². The molecule has 1 fully saturated rings. The molecule has 21 heavy (non-hydrogen) atoms. The second-order valence-electron chi connectivity index (χ2n) is 6.13. The van der Waals surface area contributed by atoms with Crippen LogP contribution in [0.3, 0.4) is 0 Å². The smallest absolute Gasteiger partial charge is 0.175 e. The average Bonchev–Trinajstić information content (AvgIpc) is 2.46. The molecule has 3 atom stereocenters. The molecule has 4 nitrogen and oxygen atoms in total. The maximum atomic E-state index is 11.5. The number of nitrogens with two attached hydrogens (primary N) is 1. The van der Waals surface area contributed by atoms with Gasteiger partial charge < -0.3 is 5.73 Å². The highest BCUT2D eigenvalue weighted by atomic mass is 32.2. The SMILES string of the molecule is CCC1CN(C(C)c2ccc(S(C)(=O)=O)cc2)CCC1N. The van der Waals surface area contributed by atoms with Crippen molar-refractivity contribution in [3.05, 3.63) is 29.8 Å². The highest BCUT2D eigenvalue weighted by Crippen LogP contribution is 2.28. The Labute approximate surface area is 128 Å². The molecule has 0 aromatic heterocycles. The largest absolute Gasteiger partial charge is 0.327 e. The molecule has 0 saturated carbocycles. The van der Waals surface area contributed by atoms with Crippen molar-refractivity contribution in [2.75, 3.05) is 19.3 Å². The zero-order chi connectivity index (χ0) is 15.6. The minimum atomic E-state index is -3.12. The third kappa shape index (κ3) is 3.84. The van der Waals surface area contributed by atoms with Crippen molar-refractivity contribution < 1.29 is 8.42 Å². The van der Waals surface area contributed by atoms with Crippen LogP contribution in [0.4, 0.5) is 0 Å². The second kappa shape index (κ2) is 6.46. The van der Waals surface area contributed by atoms with Gasteiger partial charge >= 0.3 is 0 Å². The molecule has 2 N–H and O–H groups in total. The Morgan fingerprint density at radius 2 is 1.95 bits per heavy atom. The summed E-state index contributed by atoms with van der Waals surface area (Å²) in [6.45, 7) is 6.40. The van der Waals surface area contributed by atoms with Crippen molar-refractivity contribution in [3.8, 4) is 0 Å². The Kier molecular flexibility index (Phi) is 5.07. The van der Waals surface area contributed by atoms with Crippen molar-refractivity contribution in [2.24, 2.45) is 11.7 Å². The summed E-state index contributed by atoms with van der Waals surface area (Å²) in [5.41, 5.74) is 7.32. The van der Waals surface area contributed by atoms with Crippen LogP contribution in [0.2, 0.25) is 0 Å². The fourth-order valence-electron chi connectivity index (χ4n) is 3.07. The number of piperidine rings is 1. The van der Waals surface area contributed by atoms with Crippen LogP contribution in [0.1, 0.15) is 38.3 Å². The van der Waals surface area contributed by atoms with E-state index in [-0.39, 0.29) is 0 Å². The molecule has 0 bridgehead atoms. The molecule has 2 rings (SSSR count). The topological polar surface area (TPSA) is 63.4 Å². The zero-order valence-electron chi connectivity index (χ0n) is 13.1. The van der Waals surface area contributed by atoms with E-state index in [4.69, 9.17) is 5.73 Å². The first-order valence-corrected chi connectivity index (χ1v) is 9.51. The van der Waals surface area contributed by atoms with Gasteiger partial charge in [0.1, 0.15) is 0 Å². The summed E-state index contributed by atoms with van der Waals surface area (Å²) in [6.07, 6.45) is 3.38. The van der Waals surface area contributed by atoms with Crippen molar-refractivity contribution in [2.45, 2.75) is 43.7 Å². The lowest BCUT2D eigenvalue weighted by molar-refractivity contribution is 0.114. The van der Waals surface area contributed by atoms with Gasteiger partial charge in [-0.15, -0.1) is 0 Å². The van der Waals surface area contributed by atoms with Gasteiger partial charge in [-0.1, -0.05) is 25.5 Å². The molecule has 1 heterocycles. The predicted octanol–water partition coefficient (Wildman–Crippen LogP) is 2.21. The molecular weight excluding hydrogens is 284 g/mol. The van der Waals surface area contributed by atoms with Crippen LogP contribution in [-0.4, -0.2) is 38.7 Å². The number of likely N-dealkylation sites (tertiary alicyclic amines) is 1. The minimum absolute atomic E-state index is 0.292. The molecule has 1 saturated heterocycles. The van der Waals surface area contributed by atoms with Crippen molar-refractivity contribution in [1.82, 2.24) is 4.90 Å². The van der Waals surface area contributed by atoms with Gasteiger partial charge in [-0.25, -0.2) is 8.42 Å². The number of hydrogen-bond donors (Lipinski definition) is 1. The quantitative estimate of drug-likeness (QED) is 0.926. The predicted molar refractivity (Wildman–Crippen MR) is 85.9 cm³/mol. The van der Waals surface area contributed by atoms with Crippen LogP contribution in [0, 0.1) is 5.92 Å². The van der Waals surface area contributed by atoms with Gasteiger partial charge in [0, 0.05) is 31.4 Å². The van der Waals surface area contributed by atoms with E-state index in [1.807, 2.05) is 12.1 Å². The summed E-state index contributed by atoms with van der Waals surface area (Å²) in [5.74, 6) is 0.552. The fraction of sp³-hybridized carbons (Fsp3) is 0.625. The molecule has 1 aliphatic heterocycles. The summed E-state index contributed by atoms with van der Waals surface area (Å²) < 4.78 is 23.0. The van der Waals surface area contributed by atoms with E-state index in [1.165, 1.54) is 6.26 Å². The Balaban J connectivity index is 2.11. The Morgan fingerprint density at radius 1 is 1.33 bits per heavy atom. The van der Waals surface area contributed by atoms with Gasteiger partial charge in [-0.3, -0.25) is 4.90 Å². The number of sulfone groups is 1. The second-order valence-corrected chi connectivity index (χ2v) is 8.15. The van der Waals surface area contributed by atoms with Crippen molar-refractivity contribution in [3.63, 3.8) is 0 Å². The summed E-state index contributed by atoms with van der Waals surface area (Å²) >= 11 is 0.